The first kappa shape index (κ1) is 19.8. The van der Waals surface area contributed by atoms with Crippen molar-refractivity contribution < 1.29 is 18.3 Å². The molecule has 0 saturated heterocycles. The lowest BCUT2D eigenvalue weighted by Gasteiger charge is -2.09. The van der Waals surface area contributed by atoms with Gasteiger partial charge >= 0.3 is 6.09 Å². The number of aromatic nitrogens is 3. The Balaban J connectivity index is 2.11. The molecule has 2 heterocycles. The molecule has 0 unspecified atom stereocenters. The van der Waals surface area contributed by atoms with E-state index in [2.05, 4.69) is 15.4 Å². The highest BCUT2D eigenvalue weighted by atomic mass is 35.5. The van der Waals surface area contributed by atoms with E-state index in [1.807, 2.05) is 0 Å². The number of aryl methyl sites for hydroxylation is 1. The highest BCUT2D eigenvalue weighted by Gasteiger charge is 2.27. The Labute approximate surface area is 166 Å². The minimum atomic E-state index is -3.98. The number of amides is 1. The quantitative estimate of drug-likeness (QED) is 0.633. The van der Waals surface area contributed by atoms with Gasteiger partial charge in [0.05, 0.1) is 16.4 Å². The van der Waals surface area contributed by atoms with Gasteiger partial charge in [0.2, 0.25) is 9.84 Å². The molecule has 1 aromatic carbocycles. The molecule has 0 radical (unpaired) electrons. The summed E-state index contributed by atoms with van der Waals surface area (Å²) < 4.78 is 27.7. The van der Waals surface area contributed by atoms with Crippen molar-refractivity contribution in [3.63, 3.8) is 0 Å². The number of benzene rings is 1. The molecule has 0 aliphatic carbocycles. The third kappa shape index (κ3) is 4.15. The Morgan fingerprint density at radius 2 is 1.96 bits per heavy atom. The number of para-hydroxylation sites is 1. The second-order valence-electron chi connectivity index (χ2n) is 5.94. The fourth-order valence-electron chi connectivity index (χ4n) is 2.59. The summed E-state index contributed by atoms with van der Waals surface area (Å²) in [5.41, 5.74) is 1.36. The van der Waals surface area contributed by atoms with Gasteiger partial charge in [-0.05, 0) is 37.3 Å². The van der Waals surface area contributed by atoms with Crippen molar-refractivity contribution >= 4 is 27.5 Å². The van der Waals surface area contributed by atoms with Crippen LogP contribution in [0, 0.1) is 6.92 Å². The number of sulfone groups is 1. The number of carbonyl (C=O) groups is 1. The van der Waals surface area contributed by atoms with E-state index in [0.29, 0.717) is 22.1 Å². The number of hydrogen-bond acceptors (Lipinski definition) is 5. The van der Waals surface area contributed by atoms with E-state index < -0.39 is 15.9 Å². The molecule has 0 aliphatic rings. The number of nitrogens with one attached hydrogen (secondary N) is 1. The molecule has 146 valence electrons. The minimum Gasteiger partial charge on any atom is -0.465 e. The molecule has 0 atom stereocenters. The average Bonchev–Trinajstić information content (AvgIpc) is 3.06. The van der Waals surface area contributed by atoms with E-state index in [0.717, 1.165) is 0 Å². The van der Waals surface area contributed by atoms with Crippen molar-refractivity contribution in [2.75, 3.05) is 6.54 Å². The summed E-state index contributed by atoms with van der Waals surface area (Å²) in [6, 6.07) is 12.9. The molecule has 0 aliphatic heterocycles. The normalized spacial score (nSPS) is 11.4. The molecule has 8 nitrogen and oxygen atoms in total. The third-order valence-corrected chi connectivity index (χ3v) is 5.82. The summed E-state index contributed by atoms with van der Waals surface area (Å²) in [6.45, 7) is 1.80. The summed E-state index contributed by atoms with van der Waals surface area (Å²) >= 11 is 6.25. The molecule has 1 amide bonds. The van der Waals surface area contributed by atoms with Crippen LogP contribution in [0.25, 0.3) is 5.69 Å². The summed E-state index contributed by atoms with van der Waals surface area (Å²) in [5, 5.41) is 15.4. The van der Waals surface area contributed by atoms with Crippen LogP contribution in [0.2, 0.25) is 5.02 Å². The maximum Gasteiger partial charge on any atom is 0.404 e. The van der Waals surface area contributed by atoms with E-state index in [1.165, 1.54) is 16.8 Å². The second-order valence-corrected chi connectivity index (χ2v) is 8.19. The van der Waals surface area contributed by atoms with Crippen LogP contribution in [0.1, 0.15) is 11.4 Å². The zero-order valence-electron chi connectivity index (χ0n) is 14.8. The molecule has 0 spiro atoms. The van der Waals surface area contributed by atoms with Crippen molar-refractivity contribution in [2.24, 2.45) is 0 Å². The van der Waals surface area contributed by atoms with Gasteiger partial charge in [-0.1, -0.05) is 29.8 Å². The first-order valence-electron chi connectivity index (χ1n) is 8.28. The SMILES string of the molecule is Cc1cccc(S(=O)(=O)c2cc(CCNC(=O)O)nn2-c2ccccc2Cl)n1. The maximum absolute atomic E-state index is 13.2. The number of pyridine rings is 1. The lowest BCUT2D eigenvalue weighted by Crippen LogP contribution is -2.23. The van der Waals surface area contributed by atoms with Crippen molar-refractivity contribution in [2.45, 2.75) is 23.4 Å². The van der Waals surface area contributed by atoms with Crippen LogP contribution in [0.3, 0.4) is 0 Å². The van der Waals surface area contributed by atoms with Gasteiger partial charge in [-0.15, -0.1) is 0 Å². The van der Waals surface area contributed by atoms with Gasteiger partial charge in [-0.25, -0.2) is 22.9 Å². The smallest absolute Gasteiger partial charge is 0.404 e. The Kier molecular flexibility index (Phi) is 5.66. The summed E-state index contributed by atoms with van der Waals surface area (Å²) in [6.07, 6.45) is -0.949. The van der Waals surface area contributed by atoms with E-state index in [-0.39, 0.29) is 23.0 Å². The van der Waals surface area contributed by atoms with Crippen LogP contribution >= 0.6 is 11.6 Å². The maximum atomic E-state index is 13.2. The van der Waals surface area contributed by atoms with Gasteiger partial charge in [0.15, 0.2) is 10.1 Å². The lowest BCUT2D eigenvalue weighted by atomic mass is 10.3. The van der Waals surface area contributed by atoms with Crippen LogP contribution in [-0.4, -0.2) is 40.9 Å². The molecule has 0 fully saturated rings. The van der Waals surface area contributed by atoms with Crippen molar-refractivity contribution in [1.82, 2.24) is 20.1 Å². The average molecular weight is 421 g/mol. The van der Waals surface area contributed by atoms with Crippen molar-refractivity contribution in [3.8, 4) is 5.69 Å². The lowest BCUT2D eigenvalue weighted by molar-refractivity contribution is 0.194. The standard InChI is InChI=1S/C18H17ClN4O4S/c1-12-5-4-8-16(21-12)28(26,27)17-11-13(9-10-20-18(24)25)22-23(17)15-7-3-2-6-14(15)19/h2-8,11,20H,9-10H2,1H3,(H,24,25). The van der Waals surface area contributed by atoms with Gasteiger partial charge < -0.3 is 10.4 Å². The fourth-order valence-corrected chi connectivity index (χ4v) is 4.20. The number of nitrogens with zero attached hydrogens (tertiary/aromatic N) is 3. The van der Waals surface area contributed by atoms with Gasteiger partial charge in [-0.2, -0.15) is 5.10 Å². The largest absolute Gasteiger partial charge is 0.465 e. The van der Waals surface area contributed by atoms with E-state index in [1.54, 1.807) is 43.3 Å². The van der Waals surface area contributed by atoms with E-state index in [4.69, 9.17) is 16.7 Å². The van der Waals surface area contributed by atoms with Crippen molar-refractivity contribution in [1.29, 1.82) is 0 Å². The third-order valence-electron chi connectivity index (χ3n) is 3.88. The number of rotatable bonds is 6. The van der Waals surface area contributed by atoms with Crippen LogP contribution < -0.4 is 5.32 Å². The zero-order valence-corrected chi connectivity index (χ0v) is 16.4. The predicted molar refractivity (Wildman–Crippen MR) is 103 cm³/mol. The molecule has 2 N–H and O–H groups in total. The van der Waals surface area contributed by atoms with Gasteiger partial charge in [0.1, 0.15) is 0 Å². The number of carboxylic acid groups (broad SMARTS) is 1. The van der Waals surface area contributed by atoms with Crippen LogP contribution in [0.15, 0.2) is 58.6 Å². The summed E-state index contributed by atoms with van der Waals surface area (Å²) in [5.74, 6) is 0. The first-order chi connectivity index (χ1) is 13.3. The Morgan fingerprint density at radius 1 is 1.21 bits per heavy atom. The molecule has 2 aromatic heterocycles. The molecule has 3 rings (SSSR count). The Hall–Kier alpha value is -2.91. The Morgan fingerprint density at radius 3 is 2.64 bits per heavy atom. The topological polar surface area (TPSA) is 114 Å². The van der Waals surface area contributed by atoms with Crippen LogP contribution in [0.5, 0.6) is 0 Å². The highest BCUT2D eigenvalue weighted by molar-refractivity contribution is 7.91. The first-order valence-corrected chi connectivity index (χ1v) is 10.1. The molecule has 0 bridgehead atoms. The van der Waals surface area contributed by atoms with E-state index >= 15 is 0 Å². The number of halogens is 1. The van der Waals surface area contributed by atoms with Crippen LogP contribution in [0.4, 0.5) is 4.79 Å². The molecular weight excluding hydrogens is 404 g/mol. The van der Waals surface area contributed by atoms with Crippen LogP contribution in [-0.2, 0) is 16.3 Å². The molecular formula is C18H17ClN4O4S. The molecule has 3 aromatic rings. The molecule has 0 saturated carbocycles. The van der Waals surface area contributed by atoms with Crippen molar-refractivity contribution in [3.05, 3.63) is 64.9 Å². The predicted octanol–water partition coefficient (Wildman–Crippen LogP) is 2.87. The number of hydrogen-bond donors (Lipinski definition) is 2. The molecule has 10 heteroatoms. The van der Waals surface area contributed by atoms with Gasteiger partial charge in [-0.3, -0.25) is 0 Å². The second kappa shape index (κ2) is 7.99. The fraction of sp³-hybridized carbons (Fsp3) is 0.167. The summed E-state index contributed by atoms with van der Waals surface area (Å²) in [7, 11) is -3.98. The van der Waals surface area contributed by atoms with Gasteiger partial charge in [0.25, 0.3) is 0 Å². The monoisotopic (exact) mass is 420 g/mol. The molecule has 28 heavy (non-hydrogen) atoms. The minimum absolute atomic E-state index is 0.0935. The summed E-state index contributed by atoms with van der Waals surface area (Å²) in [4.78, 5) is 14.8. The van der Waals surface area contributed by atoms with E-state index in [9.17, 15) is 13.2 Å². The highest BCUT2D eigenvalue weighted by Crippen LogP contribution is 2.27. The Bertz CT molecular complexity index is 1130. The van der Waals surface area contributed by atoms with Gasteiger partial charge in [0, 0.05) is 18.7 Å². The zero-order chi connectivity index (χ0) is 20.3.